The molecular formula is C22H30N6O. The number of nitrogens with one attached hydrogen (secondary N) is 2. The van der Waals surface area contributed by atoms with Gasteiger partial charge in [0.2, 0.25) is 5.91 Å². The molecule has 5 rings (SSSR count). The van der Waals surface area contributed by atoms with Crippen LogP contribution in [0.15, 0.2) is 41.8 Å². The number of amides is 1. The van der Waals surface area contributed by atoms with Crippen LogP contribution in [0.5, 0.6) is 0 Å². The first-order valence-electron chi connectivity index (χ1n) is 10.9. The van der Waals surface area contributed by atoms with E-state index in [4.69, 9.17) is 0 Å². The lowest BCUT2D eigenvalue weighted by Gasteiger charge is -2.37. The van der Waals surface area contributed by atoms with E-state index < -0.39 is 0 Å². The van der Waals surface area contributed by atoms with Crippen LogP contribution in [-0.2, 0) is 4.79 Å². The number of benzene rings is 1. The molecule has 0 radical (unpaired) electrons. The number of carbonyl (C=O) groups excluding carboxylic acids is 1. The van der Waals surface area contributed by atoms with E-state index in [2.05, 4.69) is 69.5 Å². The minimum atomic E-state index is 0.114. The van der Waals surface area contributed by atoms with Crippen LogP contribution in [0.3, 0.4) is 0 Å². The second-order valence-corrected chi connectivity index (χ2v) is 8.55. The molecule has 7 heteroatoms. The highest BCUT2D eigenvalue weighted by Gasteiger charge is 2.44. The van der Waals surface area contributed by atoms with Gasteiger partial charge in [-0.2, -0.15) is 5.10 Å². The van der Waals surface area contributed by atoms with Crippen molar-refractivity contribution in [1.82, 2.24) is 25.7 Å². The van der Waals surface area contributed by atoms with Crippen molar-refractivity contribution in [3.63, 3.8) is 0 Å². The van der Waals surface area contributed by atoms with E-state index >= 15 is 0 Å². The summed E-state index contributed by atoms with van der Waals surface area (Å²) in [5.74, 6) is 1.23. The number of likely N-dealkylation sites (tertiary alicyclic amines) is 1. The summed E-state index contributed by atoms with van der Waals surface area (Å²) >= 11 is 0. The van der Waals surface area contributed by atoms with Crippen molar-refractivity contribution in [2.24, 2.45) is 5.10 Å². The SMILES string of the molecule is Cc1ccc(C2CC3C4NN=C(CCC(=O)N5CCCCC5)N4C=CN3N2)cc1. The number of aryl methyl sites for hydroxylation is 1. The van der Waals surface area contributed by atoms with Crippen molar-refractivity contribution in [2.75, 3.05) is 13.1 Å². The average molecular weight is 395 g/mol. The summed E-state index contributed by atoms with van der Waals surface area (Å²) in [5.41, 5.74) is 9.54. The largest absolute Gasteiger partial charge is 0.343 e. The van der Waals surface area contributed by atoms with Gasteiger partial charge in [0.15, 0.2) is 0 Å². The van der Waals surface area contributed by atoms with Crippen molar-refractivity contribution in [1.29, 1.82) is 0 Å². The number of carbonyl (C=O) groups is 1. The smallest absolute Gasteiger partial charge is 0.223 e. The molecule has 2 N–H and O–H groups in total. The maximum atomic E-state index is 12.5. The van der Waals surface area contributed by atoms with E-state index in [1.165, 1.54) is 17.5 Å². The van der Waals surface area contributed by atoms with Gasteiger partial charge in [-0.3, -0.25) is 10.2 Å². The van der Waals surface area contributed by atoms with E-state index in [1.807, 2.05) is 4.90 Å². The maximum Gasteiger partial charge on any atom is 0.223 e. The Morgan fingerprint density at radius 2 is 1.93 bits per heavy atom. The third-order valence-electron chi connectivity index (χ3n) is 6.57. The second-order valence-electron chi connectivity index (χ2n) is 8.55. The van der Waals surface area contributed by atoms with Crippen molar-refractivity contribution in [3.05, 3.63) is 47.8 Å². The Balaban J connectivity index is 1.20. The van der Waals surface area contributed by atoms with Gasteiger partial charge in [0.05, 0.1) is 12.1 Å². The number of hydrazine groups is 1. The number of hydrogen-bond donors (Lipinski definition) is 2. The predicted octanol–water partition coefficient (Wildman–Crippen LogP) is 2.44. The van der Waals surface area contributed by atoms with E-state index in [1.54, 1.807) is 0 Å². The van der Waals surface area contributed by atoms with Crippen molar-refractivity contribution in [2.45, 2.75) is 63.7 Å². The maximum absolute atomic E-state index is 12.5. The van der Waals surface area contributed by atoms with Gasteiger partial charge in [-0.1, -0.05) is 29.8 Å². The lowest BCUT2D eigenvalue weighted by molar-refractivity contribution is -0.131. The number of fused-ring (bicyclic) bond motifs is 3. The fraction of sp³-hybridized carbons (Fsp3) is 0.545. The molecule has 0 bridgehead atoms. The molecule has 4 heterocycles. The van der Waals surface area contributed by atoms with Crippen LogP contribution in [-0.4, -0.2) is 51.8 Å². The molecule has 29 heavy (non-hydrogen) atoms. The molecule has 1 aromatic carbocycles. The van der Waals surface area contributed by atoms with Gasteiger partial charge in [-0.25, -0.2) is 5.43 Å². The van der Waals surface area contributed by atoms with Gasteiger partial charge in [0.25, 0.3) is 0 Å². The Bertz CT molecular complexity index is 813. The number of rotatable bonds is 4. The molecule has 1 amide bonds. The molecule has 3 atom stereocenters. The summed E-state index contributed by atoms with van der Waals surface area (Å²) in [6.07, 6.45) is 10.0. The van der Waals surface area contributed by atoms with Crippen LogP contribution in [0.1, 0.15) is 55.7 Å². The van der Waals surface area contributed by atoms with Crippen LogP contribution in [0.25, 0.3) is 0 Å². The molecule has 0 spiro atoms. The van der Waals surface area contributed by atoms with Gasteiger partial charge in [0.1, 0.15) is 12.0 Å². The molecule has 2 saturated heterocycles. The molecule has 7 nitrogen and oxygen atoms in total. The summed E-state index contributed by atoms with van der Waals surface area (Å²) in [6, 6.07) is 9.37. The normalized spacial score (nSPS) is 28.1. The zero-order valence-corrected chi connectivity index (χ0v) is 17.1. The number of piperidine rings is 1. The molecule has 3 unspecified atom stereocenters. The summed E-state index contributed by atoms with van der Waals surface area (Å²) in [5, 5.41) is 6.79. The van der Waals surface area contributed by atoms with Crippen LogP contribution in [0.4, 0.5) is 0 Å². The van der Waals surface area contributed by atoms with Crippen molar-refractivity contribution in [3.8, 4) is 0 Å². The van der Waals surface area contributed by atoms with Gasteiger partial charge in [0, 0.05) is 38.3 Å². The molecule has 2 fully saturated rings. The summed E-state index contributed by atoms with van der Waals surface area (Å²) in [6.45, 7) is 3.95. The fourth-order valence-corrected chi connectivity index (χ4v) is 4.85. The third kappa shape index (κ3) is 3.59. The summed E-state index contributed by atoms with van der Waals surface area (Å²) < 4.78 is 0. The number of amidine groups is 1. The Hall–Kier alpha value is -2.54. The number of hydrogen-bond acceptors (Lipinski definition) is 6. The van der Waals surface area contributed by atoms with Gasteiger partial charge < -0.3 is 14.8 Å². The number of nitrogens with zero attached hydrogens (tertiary/aromatic N) is 4. The van der Waals surface area contributed by atoms with Crippen molar-refractivity contribution < 1.29 is 4.79 Å². The van der Waals surface area contributed by atoms with E-state index in [-0.39, 0.29) is 12.1 Å². The lowest BCUT2D eigenvalue weighted by Crippen LogP contribution is -2.54. The second kappa shape index (κ2) is 7.71. The molecule has 154 valence electrons. The average Bonchev–Trinajstić information content (AvgIpc) is 3.37. The molecule has 0 aliphatic carbocycles. The third-order valence-corrected chi connectivity index (χ3v) is 6.57. The fourth-order valence-electron chi connectivity index (χ4n) is 4.85. The Morgan fingerprint density at radius 3 is 2.72 bits per heavy atom. The van der Waals surface area contributed by atoms with Gasteiger partial charge >= 0.3 is 0 Å². The monoisotopic (exact) mass is 394 g/mol. The van der Waals surface area contributed by atoms with E-state index in [0.717, 1.165) is 38.2 Å². The molecule has 4 aliphatic rings. The van der Waals surface area contributed by atoms with E-state index in [0.29, 0.717) is 24.9 Å². The highest BCUT2D eigenvalue weighted by atomic mass is 16.2. The molecule has 0 aromatic heterocycles. The van der Waals surface area contributed by atoms with Gasteiger partial charge in [-0.05, 0) is 38.2 Å². The lowest BCUT2D eigenvalue weighted by atomic mass is 9.99. The van der Waals surface area contributed by atoms with Crippen LogP contribution in [0, 0.1) is 6.92 Å². The minimum absolute atomic E-state index is 0.114. The quantitative estimate of drug-likeness (QED) is 0.821. The zero-order valence-electron chi connectivity index (χ0n) is 17.1. The zero-order chi connectivity index (χ0) is 19.8. The van der Waals surface area contributed by atoms with Crippen LogP contribution >= 0.6 is 0 Å². The highest BCUT2D eigenvalue weighted by Crippen LogP contribution is 2.34. The Morgan fingerprint density at radius 1 is 1.14 bits per heavy atom. The van der Waals surface area contributed by atoms with Crippen LogP contribution < -0.4 is 10.9 Å². The summed E-state index contributed by atoms with van der Waals surface area (Å²) in [7, 11) is 0. The highest BCUT2D eigenvalue weighted by molar-refractivity contribution is 5.89. The topological polar surface area (TPSA) is 63.2 Å². The van der Waals surface area contributed by atoms with Gasteiger partial charge in [-0.15, -0.1) is 0 Å². The van der Waals surface area contributed by atoms with E-state index in [9.17, 15) is 4.79 Å². The standard InChI is InChI=1S/C22H30N6O/c1-16-5-7-17(8-6-16)18-15-19-22-24-23-20(27(22)13-14-28(19)25-18)9-10-21(29)26-11-3-2-4-12-26/h5-8,13-14,18-19,22,24-25H,2-4,9-12,15H2,1H3. The summed E-state index contributed by atoms with van der Waals surface area (Å²) in [4.78, 5) is 16.7. The predicted molar refractivity (Wildman–Crippen MR) is 112 cm³/mol. The molecule has 4 aliphatic heterocycles. The Labute approximate surface area is 172 Å². The first-order valence-corrected chi connectivity index (χ1v) is 10.9. The molecule has 1 aromatic rings. The van der Waals surface area contributed by atoms with Crippen molar-refractivity contribution >= 4 is 11.7 Å². The molecule has 0 saturated carbocycles. The first kappa shape index (κ1) is 18.5. The Kier molecular flexibility index (Phi) is 4.91. The first-order chi connectivity index (χ1) is 14.2. The number of hydrazone groups is 1. The minimum Gasteiger partial charge on any atom is -0.343 e. The van der Waals surface area contributed by atoms with Crippen LogP contribution in [0.2, 0.25) is 0 Å². The molecular weight excluding hydrogens is 364 g/mol.